The molecule has 1 aromatic heterocycles. The Morgan fingerprint density at radius 3 is 2.67 bits per heavy atom. The maximum absolute atomic E-state index is 13.2. The van der Waals surface area contributed by atoms with Crippen LogP contribution in [0, 0.1) is 0 Å². The Labute approximate surface area is 168 Å². The molecule has 8 nitrogen and oxygen atoms in total. The molecule has 156 valence electrons. The zero-order valence-electron chi connectivity index (χ0n) is 15.0. The van der Waals surface area contributed by atoms with Crippen molar-refractivity contribution in [3.63, 3.8) is 0 Å². The standard InChI is InChI=1S/C18H13F3N4O4S/c19-18(20,21)11-2-4-15(25-7-1-6-22-25)13(8-11)24-30(27,28)12-3-5-16-14(9-12)23-17(26)10-29-16/h1-9,24H,10H2,(H,23,26). The molecule has 0 saturated carbocycles. The van der Waals surface area contributed by atoms with Gasteiger partial charge in [0.05, 0.1) is 27.5 Å². The van der Waals surface area contributed by atoms with E-state index < -0.39 is 27.7 Å². The van der Waals surface area contributed by atoms with Crippen LogP contribution in [0.5, 0.6) is 5.75 Å². The highest BCUT2D eigenvalue weighted by molar-refractivity contribution is 7.92. The summed E-state index contributed by atoms with van der Waals surface area (Å²) < 4.78 is 73.9. The van der Waals surface area contributed by atoms with Gasteiger partial charge in [0.25, 0.3) is 15.9 Å². The molecule has 2 N–H and O–H groups in total. The lowest BCUT2D eigenvalue weighted by Gasteiger charge is -2.19. The normalized spacial score (nSPS) is 13.9. The van der Waals surface area contributed by atoms with Gasteiger partial charge in [0.15, 0.2) is 6.61 Å². The number of rotatable bonds is 4. The van der Waals surface area contributed by atoms with Crippen LogP contribution in [-0.2, 0) is 21.0 Å². The molecule has 1 aliphatic heterocycles. The molecule has 0 bridgehead atoms. The number of hydrogen-bond donors (Lipinski definition) is 2. The van der Waals surface area contributed by atoms with Gasteiger partial charge in [-0.3, -0.25) is 9.52 Å². The van der Waals surface area contributed by atoms with Gasteiger partial charge < -0.3 is 10.1 Å². The number of halogens is 3. The molecule has 4 rings (SSSR count). The van der Waals surface area contributed by atoms with Crippen LogP contribution in [0.2, 0.25) is 0 Å². The number of anilines is 2. The topological polar surface area (TPSA) is 102 Å². The number of ether oxygens (including phenoxy) is 1. The van der Waals surface area contributed by atoms with Crippen LogP contribution < -0.4 is 14.8 Å². The molecule has 12 heteroatoms. The van der Waals surface area contributed by atoms with Gasteiger partial charge in [-0.25, -0.2) is 13.1 Å². The van der Waals surface area contributed by atoms with E-state index >= 15 is 0 Å². The number of aromatic nitrogens is 2. The summed E-state index contributed by atoms with van der Waals surface area (Å²) in [6.45, 7) is -0.200. The number of nitrogens with zero attached hydrogens (tertiary/aromatic N) is 2. The van der Waals surface area contributed by atoms with Crippen molar-refractivity contribution >= 4 is 27.3 Å². The lowest BCUT2D eigenvalue weighted by molar-refractivity contribution is -0.137. The van der Waals surface area contributed by atoms with Crippen molar-refractivity contribution in [1.82, 2.24) is 9.78 Å². The molecule has 0 spiro atoms. The van der Waals surface area contributed by atoms with Gasteiger partial charge in [-0.2, -0.15) is 18.3 Å². The second-order valence-electron chi connectivity index (χ2n) is 6.28. The van der Waals surface area contributed by atoms with Crippen molar-refractivity contribution in [2.24, 2.45) is 0 Å². The summed E-state index contributed by atoms with van der Waals surface area (Å²) in [4.78, 5) is 11.2. The predicted molar refractivity (Wildman–Crippen MR) is 99.9 cm³/mol. The van der Waals surface area contributed by atoms with Crippen LogP contribution in [0.3, 0.4) is 0 Å². The average molecular weight is 438 g/mol. The molecule has 0 aliphatic carbocycles. The first-order valence-electron chi connectivity index (χ1n) is 8.44. The Bertz CT molecular complexity index is 1220. The molecule has 0 saturated heterocycles. The first-order valence-corrected chi connectivity index (χ1v) is 9.92. The molecule has 0 atom stereocenters. The van der Waals surface area contributed by atoms with E-state index in [2.05, 4.69) is 15.1 Å². The SMILES string of the molecule is O=C1COc2ccc(S(=O)(=O)Nc3cc(C(F)(F)F)ccc3-n3cccn3)cc2N1. The zero-order chi connectivity index (χ0) is 21.5. The number of carbonyl (C=O) groups excluding carboxylic acids is 1. The molecular weight excluding hydrogens is 425 g/mol. The monoisotopic (exact) mass is 438 g/mol. The van der Waals surface area contributed by atoms with Crippen LogP contribution in [0.25, 0.3) is 5.69 Å². The first kappa shape index (κ1) is 19.8. The molecule has 3 aromatic rings. The van der Waals surface area contributed by atoms with E-state index in [0.29, 0.717) is 6.07 Å². The lowest BCUT2D eigenvalue weighted by Crippen LogP contribution is -2.25. The van der Waals surface area contributed by atoms with E-state index in [1.165, 1.54) is 29.2 Å². The number of amides is 1. The molecule has 1 aliphatic rings. The van der Waals surface area contributed by atoms with E-state index in [9.17, 15) is 26.4 Å². The number of hydrogen-bond acceptors (Lipinski definition) is 5. The van der Waals surface area contributed by atoms with Crippen LogP contribution in [0.4, 0.5) is 24.5 Å². The minimum Gasteiger partial charge on any atom is -0.482 e. The van der Waals surface area contributed by atoms with Crippen LogP contribution >= 0.6 is 0 Å². The van der Waals surface area contributed by atoms with Gasteiger partial charge >= 0.3 is 6.18 Å². The summed E-state index contributed by atoms with van der Waals surface area (Å²) in [5, 5.41) is 6.42. The Morgan fingerprint density at radius 2 is 1.97 bits per heavy atom. The van der Waals surface area contributed by atoms with Gasteiger partial charge in [0.1, 0.15) is 5.75 Å². The Morgan fingerprint density at radius 1 is 1.17 bits per heavy atom. The van der Waals surface area contributed by atoms with Crippen molar-refractivity contribution in [3.05, 3.63) is 60.4 Å². The molecule has 1 amide bonds. The summed E-state index contributed by atoms with van der Waals surface area (Å²) >= 11 is 0. The number of nitrogens with one attached hydrogen (secondary N) is 2. The summed E-state index contributed by atoms with van der Waals surface area (Å²) in [6.07, 6.45) is -1.80. The highest BCUT2D eigenvalue weighted by Crippen LogP contribution is 2.35. The number of fused-ring (bicyclic) bond motifs is 1. The number of alkyl halides is 3. The Kier molecular flexibility index (Phi) is 4.65. The fraction of sp³-hybridized carbons (Fsp3) is 0.111. The second-order valence-corrected chi connectivity index (χ2v) is 7.96. The maximum Gasteiger partial charge on any atom is 0.416 e. The molecule has 2 heterocycles. The van der Waals surface area contributed by atoms with Crippen molar-refractivity contribution in [3.8, 4) is 11.4 Å². The highest BCUT2D eigenvalue weighted by atomic mass is 32.2. The zero-order valence-corrected chi connectivity index (χ0v) is 15.8. The van der Waals surface area contributed by atoms with Crippen LogP contribution in [0.1, 0.15) is 5.56 Å². The number of sulfonamides is 1. The predicted octanol–water partition coefficient (Wildman–Crippen LogP) is 3.02. The number of carbonyl (C=O) groups is 1. The molecule has 0 unspecified atom stereocenters. The minimum absolute atomic E-state index is 0.103. The van der Waals surface area contributed by atoms with Crippen LogP contribution in [-0.4, -0.2) is 30.7 Å². The molecule has 2 aromatic carbocycles. The first-order chi connectivity index (χ1) is 14.1. The maximum atomic E-state index is 13.2. The van der Waals surface area contributed by atoms with Crippen molar-refractivity contribution in [2.75, 3.05) is 16.6 Å². The fourth-order valence-corrected chi connectivity index (χ4v) is 3.93. The quantitative estimate of drug-likeness (QED) is 0.652. The molecule has 0 radical (unpaired) electrons. The van der Waals surface area contributed by atoms with E-state index in [1.54, 1.807) is 6.07 Å². The average Bonchev–Trinajstić information content (AvgIpc) is 3.21. The highest BCUT2D eigenvalue weighted by Gasteiger charge is 2.32. The fourth-order valence-electron chi connectivity index (χ4n) is 2.84. The Hall–Kier alpha value is -3.54. The summed E-state index contributed by atoms with van der Waals surface area (Å²) in [5.41, 5.74) is -1.09. The van der Waals surface area contributed by atoms with Crippen molar-refractivity contribution in [2.45, 2.75) is 11.1 Å². The lowest BCUT2D eigenvalue weighted by atomic mass is 10.1. The van der Waals surface area contributed by atoms with Gasteiger partial charge in [-0.05, 0) is 42.5 Å². The number of benzene rings is 2. The van der Waals surface area contributed by atoms with Crippen LogP contribution in [0.15, 0.2) is 59.8 Å². The van der Waals surface area contributed by atoms with Crippen molar-refractivity contribution in [1.29, 1.82) is 0 Å². The second kappa shape index (κ2) is 7.06. The summed E-state index contributed by atoms with van der Waals surface area (Å²) in [7, 11) is -4.31. The largest absolute Gasteiger partial charge is 0.482 e. The van der Waals surface area contributed by atoms with Gasteiger partial charge in [-0.15, -0.1) is 0 Å². The molecule has 0 fully saturated rings. The van der Waals surface area contributed by atoms with E-state index in [-0.39, 0.29) is 34.3 Å². The smallest absolute Gasteiger partial charge is 0.416 e. The minimum atomic E-state index is -4.67. The van der Waals surface area contributed by atoms with Crippen molar-refractivity contribution < 1.29 is 31.1 Å². The van der Waals surface area contributed by atoms with Gasteiger partial charge in [-0.1, -0.05) is 0 Å². The molecular formula is C18H13F3N4O4S. The molecule has 30 heavy (non-hydrogen) atoms. The third kappa shape index (κ3) is 3.81. The van der Waals surface area contributed by atoms with E-state index in [4.69, 9.17) is 4.74 Å². The third-order valence-electron chi connectivity index (χ3n) is 4.21. The van der Waals surface area contributed by atoms with Gasteiger partial charge in [0.2, 0.25) is 0 Å². The van der Waals surface area contributed by atoms with Gasteiger partial charge in [0, 0.05) is 12.4 Å². The van der Waals surface area contributed by atoms with E-state index in [0.717, 1.165) is 18.2 Å². The Balaban J connectivity index is 1.75. The van der Waals surface area contributed by atoms with E-state index in [1.807, 2.05) is 0 Å². The summed E-state index contributed by atoms with van der Waals surface area (Å²) in [5.74, 6) is -0.172. The summed E-state index contributed by atoms with van der Waals surface area (Å²) in [6, 6.07) is 7.93. The third-order valence-corrected chi connectivity index (χ3v) is 5.58.